The van der Waals surface area contributed by atoms with Crippen LogP contribution in [0.2, 0.25) is 0 Å². The lowest BCUT2D eigenvalue weighted by Crippen LogP contribution is -2.11. The third-order valence-electron chi connectivity index (χ3n) is 1.07. The zero-order chi connectivity index (χ0) is 8.15. The zero-order valence-corrected chi connectivity index (χ0v) is 6.00. The van der Waals surface area contributed by atoms with Gasteiger partial charge in [-0.15, -0.1) is 0 Å². The predicted octanol–water partition coefficient (Wildman–Crippen LogP) is 0.361. The van der Waals surface area contributed by atoms with Crippen LogP contribution in [0.25, 0.3) is 0 Å². The molecule has 2 amide bonds. The molecule has 0 heterocycles. The average Bonchev–Trinajstić information content (AvgIpc) is 1.82. The topological polar surface area (TPSA) is 72.5 Å². The third-order valence-corrected chi connectivity index (χ3v) is 1.07. The lowest BCUT2D eigenvalue weighted by atomic mass is 10.1. The van der Waals surface area contributed by atoms with E-state index in [-0.39, 0.29) is 11.7 Å². The summed E-state index contributed by atoms with van der Waals surface area (Å²) in [7, 11) is 0. The van der Waals surface area contributed by atoms with Crippen molar-refractivity contribution in [2.24, 2.45) is 16.6 Å². The first-order valence-electron chi connectivity index (χ1n) is 2.88. The fraction of sp³-hybridized carbons (Fsp3) is 0.500. The molecule has 0 spiro atoms. The Kier molecular flexibility index (Phi) is 3.32. The first-order valence-corrected chi connectivity index (χ1v) is 2.88. The van der Waals surface area contributed by atoms with Gasteiger partial charge in [0.1, 0.15) is 5.78 Å². The quantitative estimate of drug-likeness (QED) is 0.565. The van der Waals surface area contributed by atoms with Crippen molar-refractivity contribution in [2.45, 2.75) is 13.8 Å². The first kappa shape index (κ1) is 8.81. The van der Waals surface area contributed by atoms with Gasteiger partial charge < -0.3 is 5.73 Å². The molecule has 0 saturated carbocycles. The highest BCUT2D eigenvalue weighted by molar-refractivity contribution is 5.96. The van der Waals surface area contributed by atoms with Crippen molar-refractivity contribution in [3.8, 4) is 0 Å². The summed E-state index contributed by atoms with van der Waals surface area (Å²) in [6.07, 6.45) is 1.24. The minimum absolute atomic E-state index is 0.0370. The van der Waals surface area contributed by atoms with E-state index in [9.17, 15) is 9.59 Å². The van der Waals surface area contributed by atoms with Crippen molar-refractivity contribution in [2.75, 3.05) is 0 Å². The van der Waals surface area contributed by atoms with Gasteiger partial charge in [0, 0.05) is 6.21 Å². The van der Waals surface area contributed by atoms with Gasteiger partial charge in [-0.1, -0.05) is 6.92 Å². The van der Waals surface area contributed by atoms with Crippen LogP contribution in [-0.4, -0.2) is 18.0 Å². The number of primary amides is 1. The number of hydrogen-bond donors (Lipinski definition) is 1. The number of nitrogens with two attached hydrogens (primary N) is 1. The molecule has 56 valence electrons. The molecule has 0 fully saturated rings. The summed E-state index contributed by atoms with van der Waals surface area (Å²) >= 11 is 0. The molecule has 0 aliphatic heterocycles. The maximum atomic E-state index is 10.5. The number of rotatable bonds is 2. The van der Waals surface area contributed by atoms with Crippen LogP contribution in [-0.2, 0) is 4.79 Å². The van der Waals surface area contributed by atoms with Gasteiger partial charge >= 0.3 is 6.03 Å². The van der Waals surface area contributed by atoms with E-state index >= 15 is 0 Å². The number of ketones is 1. The maximum absolute atomic E-state index is 10.5. The van der Waals surface area contributed by atoms with Crippen molar-refractivity contribution in [1.29, 1.82) is 0 Å². The van der Waals surface area contributed by atoms with E-state index in [1.807, 2.05) is 0 Å². The van der Waals surface area contributed by atoms with Gasteiger partial charge in [-0.2, -0.15) is 0 Å². The molecule has 1 atom stereocenters. The van der Waals surface area contributed by atoms with E-state index in [0.29, 0.717) is 0 Å². The number of nitrogens with zero attached hydrogens (tertiary/aromatic N) is 1. The molecule has 0 aromatic carbocycles. The molecule has 0 saturated heterocycles. The molecule has 0 aromatic rings. The molecule has 0 radical (unpaired) electrons. The molecule has 0 aromatic heterocycles. The van der Waals surface area contributed by atoms with Crippen LogP contribution in [0, 0.1) is 5.92 Å². The van der Waals surface area contributed by atoms with Gasteiger partial charge in [0.25, 0.3) is 0 Å². The normalized spacial score (nSPS) is 13.4. The molecule has 10 heavy (non-hydrogen) atoms. The number of urea groups is 1. The molecule has 0 rings (SSSR count). The summed E-state index contributed by atoms with van der Waals surface area (Å²) in [6.45, 7) is 3.08. The van der Waals surface area contributed by atoms with Crippen LogP contribution in [0.4, 0.5) is 4.79 Å². The van der Waals surface area contributed by atoms with Crippen molar-refractivity contribution in [1.82, 2.24) is 0 Å². The Morgan fingerprint density at radius 3 is 2.40 bits per heavy atom. The molecule has 0 aliphatic rings. The highest BCUT2D eigenvalue weighted by atomic mass is 16.2. The Labute approximate surface area is 59.1 Å². The van der Waals surface area contributed by atoms with Crippen LogP contribution in [0.15, 0.2) is 4.99 Å². The zero-order valence-electron chi connectivity index (χ0n) is 6.00. The molecule has 4 nitrogen and oxygen atoms in total. The largest absolute Gasteiger partial charge is 0.350 e. The third kappa shape index (κ3) is 3.77. The lowest BCUT2D eigenvalue weighted by molar-refractivity contribution is -0.118. The monoisotopic (exact) mass is 142 g/mol. The summed E-state index contributed by atoms with van der Waals surface area (Å²) in [5, 5.41) is 0. The van der Waals surface area contributed by atoms with Gasteiger partial charge in [-0.3, -0.25) is 4.79 Å². The van der Waals surface area contributed by atoms with Crippen LogP contribution in [0.1, 0.15) is 13.8 Å². The number of carbonyl (C=O) groups excluding carboxylic acids is 2. The number of amides is 2. The Bertz CT molecular complexity index is 175. The van der Waals surface area contributed by atoms with Gasteiger partial charge in [0.05, 0.1) is 5.92 Å². The highest BCUT2D eigenvalue weighted by Gasteiger charge is 2.02. The highest BCUT2D eigenvalue weighted by Crippen LogP contribution is 1.90. The van der Waals surface area contributed by atoms with E-state index < -0.39 is 6.03 Å². The van der Waals surface area contributed by atoms with Crippen molar-refractivity contribution >= 4 is 18.0 Å². The Morgan fingerprint density at radius 1 is 1.60 bits per heavy atom. The fourth-order valence-corrected chi connectivity index (χ4v) is 0.290. The first-order chi connectivity index (χ1) is 4.54. The van der Waals surface area contributed by atoms with E-state index in [1.165, 1.54) is 13.1 Å². The molecular formula is C6H10N2O2. The van der Waals surface area contributed by atoms with E-state index in [4.69, 9.17) is 5.73 Å². The van der Waals surface area contributed by atoms with Gasteiger partial charge in [-0.25, -0.2) is 9.79 Å². The van der Waals surface area contributed by atoms with E-state index in [2.05, 4.69) is 4.99 Å². The number of carbonyl (C=O) groups is 2. The minimum Gasteiger partial charge on any atom is -0.350 e. The number of hydrogen-bond acceptors (Lipinski definition) is 2. The second-order valence-electron chi connectivity index (χ2n) is 2.02. The van der Waals surface area contributed by atoms with Crippen molar-refractivity contribution in [3.63, 3.8) is 0 Å². The molecule has 1 unspecified atom stereocenters. The average molecular weight is 142 g/mol. The second-order valence-corrected chi connectivity index (χ2v) is 2.02. The van der Waals surface area contributed by atoms with Crippen LogP contribution in [0.5, 0.6) is 0 Å². The van der Waals surface area contributed by atoms with Crippen LogP contribution in [0.3, 0.4) is 0 Å². The van der Waals surface area contributed by atoms with Crippen molar-refractivity contribution in [3.05, 3.63) is 0 Å². The predicted molar refractivity (Wildman–Crippen MR) is 37.9 cm³/mol. The van der Waals surface area contributed by atoms with Crippen molar-refractivity contribution < 1.29 is 9.59 Å². The molecule has 2 N–H and O–H groups in total. The summed E-state index contributed by atoms with van der Waals surface area (Å²) < 4.78 is 0. The maximum Gasteiger partial charge on any atom is 0.337 e. The van der Waals surface area contributed by atoms with Gasteiger partial charge in [-0.05, 0) is 6.92 Å². The van der Waals surface area contributed by atoms with E-state index in [0.717, 1.165) is 0 Å². The van der Waals surface area contributed by atoms with Gasteiger partial charge in [0.15, 0.2) is 0 Å². The Morgan fingerprint density at radius 2 is 2.10 bits per heavy atom. The Hall–Kier alpha value is -1.19. The summed E-state index contributed by atoms with van der Waals surface area (Å²) in [6, 6.07) is -0.770. The minimum atomic E-state index is -0.770. The molecule has 0 bridgehead atoms. The Balaban J connectivity index is 3.89. The smallest absolute Gasteiger partial charge is 0.337 e. The number of Topliss-reactive ketones (excluding diaryl/α,β-unsaturated/α-hetero) is 1. The van der Waals surface area contributed by atoms with Gasteiger partial charge in [0.2, 0.25) is 0 Å². The molecule has 0 aliphatic carbocycles. The molecular weight excluding hydrogens is 132 g/mol. The standard InChI is InChI=1S/C6H10N2O2/c1-4(5(2)9)3-8-6(7)10/h3-4H,1-2H3,(H2,7,10)/b8-3+. The second kappa shape index (κ2) is 3.76. The summed E-state index contributed by atoms with van der Waals surface area (Å²) in [4.78, 5) is 23.8. The van der Waals surface area contributed by atoms with Crippen LogP contribution < -0.4 is 5.73 Å². The van der Waals surface area contributed by atoms with E-state index in [1.54, 1.807) is 6.92 Å². The fourth-order valence-electron chi connectivity index (χ4n) is 0.290. The lowest BCUT2D eigenvalue weighted by Gasteiger charge is -1.95. The summed E-state index contributed by atoms with van der Waals surface area (Å²) in [5.41, 5.74) is 4.69. The SMILES string of the molecule is CC(=O)C(C)/C=N/C(N)=O. The summed E-state index contributed by atoms with van der Waals surface area (Å²) in [5.74, 6) is -0.363. The number of aliphatic imine (C=N–C) groups is 1. The molecule has 4 heteroatoms. The van der Waals surface area contributed by atoms with Crippen LogP contribution >= 0.6 is 0 Å².